The molecule has 1 fully saturated rings. The fraction of sp³-hybridized carbons (Fsp3) is 0.600. The maximum absolute atomic E-state index is 5.78. The summed E-state index contributed by atoms with van der Waals surface area (Å²) in [7, 11) is 3.85. The van der Waals surface area contributed by atoms with Crippen molar-refractivity contribution in [2.75, 3.05) is 39.6 Å². The van der Waals surface area contributed by atoms with E-state index in [4.69, 9.17) is 15.2 Å². The molecule has 0 bridgehead atoms. The summed E-state index contributed by atoms with van der Waals surface area (Å²) in [6, 6.07) is 5.87. The van der Waals surface area contributed by atoms with Crippen LogP contribution in [0.2, 0.25) is 0 Å². The first-order chi connectivity index (χ1) is 9.19. The lowest BCUT2D eigenvalue weighted by molar-refractivity contribution is 0.0549. The minimum atomic E-state index is 0.743. The third-order valence-corrected chi connectivity index (χ3v) is 3.66. The quantitative estimate of drug-likeness (QED) is 0.828. The molecule has 0 unspecified atom stereocenters. The molecule has 0 aliphatic carbocycles. The van der Waals surface area contributed by atoms with E-state index in [1.807, 2.05) is 12.1 Å². The fourth-order valence-electron chi connectivity index (χ4n) is 2.62. The van der Waals surface area contributed by atoms with Gasteiger partial charge in [-0.2, -0.15) is 0 Å². The number of nitrogen functional groups attached to an aromatic ring is 1. The largest absolute Gasteiger partial charge is 0.496 e. The van der Waals surface area contributed by atoms with Gasteiger partial charge in [-0.25, -0.2) is 0 Å². The van der Waals surface area contributed by atoms with Crippen molar-refractivity contribution < 1.29 is 9.47 Å². The summed E-state index contributed by atoms with van der Waals surface area (Å²) in [5, 5.41) is 0. The molecule has 2 rings (SSSR count). The van der Waals surface area contributed by atoms with Gasteiger partial charge >= 0.3 is 0 Å². The lowest BCUT2D eigenvalue weighted by Crippen LogP contribution is -2.29. The average molecular weight is 264 g/mol. The van der Waals surface area contributed by atoms with Crippen molar-refractivity contribution in [3.8, 4) is 5.75 Å². The molecule has 1 heterocycles. The van der Waals surface area contributed by atoms with Crippen LogP contribution in [-0.4, -0.2) is 38.8 Å². The molecule has 1 saturated heterocycles. The highest BCUT2D eigenvalue weighted by Crippen LogP contribution is 2.23. The maximum Gasteiger partial charge on any atom is 0.125 e. The van der Waals surface area contributed by atoms with E-state index in [1.165, 1.54) is 18.4 Å². The Morgan fingerprint density at radius 3 is 2.79 bits per heavy atom. The van der Waals surface area contributed by atoms with Crippen molar-refractivity contribution in [3.63, 3.8) is 0 Å². The Bertz CT molecular complexity index is 403. The molecule has 4 heteroatoms. The first-order valence-electron chi connectivity index (χ1n) is 6.87. The number of nitrogens with zero attached hydrogens (tertiary/aromatic N) is 1. The van der Waals surface area contributed by atoms with E-state index >= 15 is 0 Å². The van der Waals surface area contributed by atoms with Crippen LogP contribution in [0.5, 0.6) is 5.75 Å². The Morgan fingerprint density at radius 1 is 1.37 bits per heavy atom. The highest BCUT2D eigenvalue weighted by molar-refractivity contribution is 5.48. The number of rotatable bonds is 5. The molecule has 0 atom stereocenters. The van der Waals surface area contributed by atoms with E-state index in [-0.39, 0.29) is 0 Å². The standard InChI is InChI=1S/C15H24N2O2/c1-17(10-12-5-7-19-8-6-12)11-13-3-4-14(16)9-15(13)18-2/h3-4,9,12H,5-8,10-11,16H2,1-2H3. The summed E-state index contributed by atoms with van der Waals surface area (Å²) in [6.07, 6.45) is 2.34. The van der Waals surface area contributed by atoms with Gasteiger partial charge in [0.2, 0.25) is 0 Å². The molecule has 2 N–H and O–H groups in total. The van der Waals surface area contributed by atoms with Gasteiger partial charge in [0, 0.05) is 43.6 Å². The summed E-state index contributed by atoms with van der Waals surface area (Å²) < 4.78 is 10.8. The Kier molecular flexibility index (Phi) is 5.05. The zero-order valence-corrected chi connectivity index (χ0v) is 11.9. The van der Waals surface area contributed by atoms with Crippen molar-refractivity contribution in [1.29, 1.82) is 0 Å². The minimum absolute atomic E-state index is 0.743. The predicted octanol–water partition coefficient (Wildman–Crippen LogP) is 2.14. The predicted molar refractivity (Wildman–Crippen MR) is 77.3 cm³/mol. The molecule has 0 saturated carbocycles. The molecule has 19 heavy (non-hydrogen) atoms. The van der Waals surface area contributed by atoms with Crippen molar-refractivity contribution in [3.05, 3.63) is 23.8 Å². The summed E-state index contributed by atoms with van der Waals surface area (Å²) in [4.78, 5) is 2.35. The molecular formula is C15H24N2O2. The van der Waals surface area contributed by atoms with Gasteiger partial charge < -0.3 is 20.1 Å². The Labute approximate surface area is 115 Å². The number of methoxy groups -OCH3 is 1. The molecule has 0 spiro atoms. The van der Waals surface area contributed by atoms with Crippen LogP contribution in [0.4, 0.5) is 5.69 Å². The monoisotopic (exact) mass is 264 g/mol. The first kappa shape index (κ1) is 14.2. The molecule has 4 nitrogen and oxygen atoms in total. The number of hydrogen-bond acceptors (Lipinski definition) is 4. The molecule has 1 aliphatic rings. The van der Waals surface area contributed by atoms with E-state index < -0.39 is 0 Å². The molecule has 1 aromatic carbocycles. The van der Waals surface area contributed by atoms with Crippen LogP contribution >= 0.6 is 0 Å². The number of nitrogens with two attached hydrogens (primary N) is 1. The number of anilines is 1. The Balaban J connectivity index is 1.92. The summed E-state index contributed by atoms with van der Waals surface area (Å²) in [6.45, 7) is 3.81. The van der Waals surface area contributed by atoms with Crippen molar-refractivity contribution in [1.82, 2.24) is 4.90 Å². The maximum atomic E-state index is 5.78. The van der Waals surface area contributed by atoms with Crippen LogP contribution in [0.15, 0.2) is 18.2 Å². The second kappa shape index (κ2) is 6.78. The van der Waals surface area contributed by atoms with E-state index in [1.54, 1.807) is 7.11 Å². The Hall–Kier alpha value is -1.26. The van der Waals surface area contributed by atoms with Crippen LogP contribution < -0.4 is 10.5 Å². The van der Waals surface area contributed by atoms with Gasteiger partial charge in [0.25, 0.3) is 0 Å². The molecule has 1 aromatic rings. The first-order valence-corrected chi connectivity index (χ1v) is 6.87. The van der Waals surface area contributed by atoms with Gasteiger partial charge in [-0.1, -0.05) is 6.07 Å². The molecule has 0 amide bonds. The molecule has 1 aliphatic heterocycles. The van der Waals surface area contributed by atoms with Gasteiger partial charge in [-0.3, -0.25) is 0 Å². The van der Waals surface area contributed by atoms with Crippen LogP contribution in [0.25, 0.3) is 0 Å². The number of ether oxygens (including phenoxy) is 2. The molecule has 106 valence electrons. The van der Waals surface area contributed by atoms with E-state index in [0.29, 0.717) is 0 Å². The molecule has 0 radical (unpaired) electrons. The smallest absolute Gasteiger partial charge is 0.125 e. The van der Waals surface area contributed by atoms with E-state index in [0.717, 1.165) is 43.7 Å². The van der Waals surface area contributed by atoms with E-state index in [9.17, 15) is 0 Å². The second-order valence-corrected chi connectivity index (χ2v) is 5.32. The van der Waals surface area contributed by atoms with Crippen LogP contribution in [-0.2, 0) is 11.3 Å². The van der Waals surface area contributed by atoms with Gasteiger partial charge in [0.05, 0.1) is 7.11 Å². The van der Waals surface area contributed by atoms with Crippen molar-refractivity contribution in [2.45, 2.75) is 19.4 Å². The lowest BCUT2D eigenvalue weighted by Gasteiger charge is -2.27. The highest BCUT2D eigenvalue weighted by Gasteiger charge is 2.16. The molecule has 0 aromatic heterocycles. The van der Waals surface area contributed by atoms with Gasteiger partial charge in [0.15, 0.2) is 0 Å². The lowest BCUT2D eigenvalue weighted by atomic mass is 9.99. The van der Waals surface area contributed by atoms with E-state index in [2.05, 4.69) is 18.0 Å². The fourth-order valence-corrected chi connectivity index (χ4v) is 2.62. The highest BCUT2D eigenvalue weighted by atomic mass is 16.5. The third kappa shape index (κ3) is 4.11. The zero-order chi connectivity index (χ0) is 13.7. The Morgan fingerprint density at radius 2 is 2.11 bits per heavy atom. The SMILES string of the molecule is COc1cc(N)ccc1CN(C)CC1CCOCC1. The van der Waals surface area contributed by atoms with Crippen molar-refractivity contribution >= 4 is 5.69 Å². The average Bonchev–Trinajstić information content (AvgIpc) is 2.42. The van der Waals surface area contributed by atoms with Crippen molar-refractivity contribution in [2.24, 2.45) is 5.92 Å². The van der Waals surface area contributed by atoms with Crippen LogP contribution in [0.1, 0.15) is 18.4 Å². The van der Waals surface area contributed by atoms with Gasteiger partial charge in [-0.15, -0.1) is 0 Å². The summed E-state index contributed by atoms with van der Waals surface area (Å²) in [5.41, 5.74) is 7.71. The van der Waals surface area contributed by atoms with Crippen LogP contribution in [0, 0.1) is 5.92 Å². The molecular weight excluding hydrogens is 240 g/mol. The van der Waals surface area contributed by atoms with Gasteiger partial charge in [-0.05, 0) is 31.9 Å². The summed E-state index contributed by atoms with van der Waals surface area (Å²) in [5.74, 6) is 1.62. The minimum Gasteiger partial charge on any atom is -0.496 e. The normalized spacial score (nSPS) is 16.8. The topological polar surface area (TPSA) is 47.7 Å². The third-order valence-electron chi connectivity index (χ3n) is 3.66. The van der Waals surface area contributed by atoms with Gasteiger partial charge in [0.1, 0.15) is 5.75 Å². The van der Waals surface area contributed by atoms with Crippen LogP contribution in [0.3, 0.4) is 0 Å². The zero-order valence-electron chi connectivity index (χ0n) is 11.9. The number of hydrogen-bond donors (Lipinski definition) is 1. The second-order valence-electron chi connectivity index (χ2n) is 5.32. The number of benzene rings is 1. The summed E-state index contributed by atoms with van der Waals surface area (Å²) >= 11 is 0.